The molecular formula is C14H16N2O. The highest BCUT2D eigenvalue weighted by atomic mass is 16.5. The van der Waals surface area contributed by atoms with Gasteiger partial charge in [-0.25, -0.2) is 4.99 Å². The third-order valence-electron chi connectivity index (χ3n) is 2.91. The van der Waals surface area contributed by atoms with Crippen molar-refractivity contribution in [2.45, 2.75) is 26.8 Å². The van der Waals surface area contributed by atoms with Crippen LogP contribution in [0.1, 0.15) is 31.9 Å². The summed E-state index contributed by atoms with van der Waals surface area (Å²) in [5, 5.41) is 8.73. The molecule has 0 saturated heterocycles. The third-order valence-corrected chi connectivity index (χ3v) is 2.91. The minimum atomic E-state index is 0.119. The topological polar surface area (TPSA) is 45.4 Å². The summed E-state index contributed by atoms with van der Waals surface area (Å²) in [7, 11) is 0. The molecule has 88 valence electrons. The quantitative estimate of drug-likeness (QED) is 0.742. The van der Waals surface area contributed by atoms with Gasteiger partial charge in [-0.2, -0.15) is 5.26 Å². The van der Waals surface area contributed by atoms with Crippen LogP contribution in [0.4, 0.5) is 0 Å². The molecule has 0 N–H and O–H groups in total. The number of aliphatic imine (C=N–C) groups is 1. The standard InChI is InChI=1S/C14H16N2O/c1-14(2,3)12-9-17-13(16-12)11-6-4-10(8-15)5-7-11/h4-7,12H,9H2,1-3H3/t12-/m1/s1. The maximum Gasteiger partial charge on any atom is 0.216 e. The molecule has 1 aromatic rings. The van der Waals surface area contributed by atoms with Gasteiger partial charge in [0.1, 0.15) is 6.61 Å². The Morgan fingerprint density at radius 1 is 1.29 bits per heavy atom. The van der Waals surface area contributed by atoms with Crippen LogP contribution in [0.5, 0.6) is 0 Å². The molecule has 0 saturated carbocycles. The van der Waals surface area contributed by atoms with Crippen LogP contribution in [0.2, 0.25) is 0 Å². The number of benzene rings is 1. The zero-order valence-corrected chi connectivity index (χ0v) is 10.4. The van der Waals surface area contributed by atoms with Crippen LogP contribution in [0.25, 0.3) is 0 Å². The van der Waals surface area contributed by atoms with Gasteiger partial charge in [0.2, 0.25) is 5.90 Å². The van der Waals surface area contributed by atoms with Crippen molar-refractivity contribution in [1.29, 1.82) is 5.26 Å². The van der Waals surface area contributed by atoms with E-state index in [1.807, 2.05) is 12.1 Å². The average Bonchev–Trinajstić information content (AvgIpc) is 2.78. The van der Waals surface area contributed by atoms with Crippen LogP contribution in [-0.2, 0) is 4.74 Å². The number of hydrogen-bond acceptors (Lipinski definition) is 3. The summed E-state index contributed by atoms with van der Waals surface area (Å²) in [6.45, 7) is 7.11. The fourth-order valence-corrected chi connectivity index (χ4v) is 1.66. The van der Waals surface area contributed by atoms with Crippen molar-refractivity contribution < 1.29 is 4.74 Å². The van der Waals surface area contributed by atoms with Crippen molar-refractivity contribution >= 4 is 5.90 Å². The van der Waals surface area contributed by atoms with E-state index >= 15 is 0 Å². The van der Waals surface area contributed by atoms with Gasteiger partial charge < -0.3 is 4.74 Å². The van der Waals surface area contributed by atoms with Crippen LogP contribution in [0.3, 0.4) is 0 Å². The van der Waals surface area contributed by atoms with Crippen molar-refractivity contribution in [2.75, 3.05) is 6.61 Å². The van der Waals surface area contributed by atoms with Gasteiger partial charge in [0.25, 0.3) is 0 Å². The smallest absolute Gasteiger partial charge is 0.216 e. The lowest BCUT2D eigenvalue weighted by Crippen LogP contribution is -2.25. The van der Waals surface area contributed by atoms with Crippen LogP contribution in [-0.4, -0.2) is 18.5 Å². The number of hydrogen-bond donors (Lipinski definition) is 0. The predicted molar refractivity (Wildman–Crippen MR) is 66.9 cm³/mol. The molecule has 0 spiro atoms. The molecule has 1 aliphatic rings. The Labute approximate surface area is 102 Å². The minimum absolute atomic E-state index is 0.119. The van der Waals surface area contributed by atoms with Gasteiger partial charge in [0, 0.05) is 5.56 Å². The summed E-state index contributed by atoms with van der Waals surface area (Å²) in [6, 6.07) is 9.62. The third kappa shape index (κ3) is 2.47. The summed E-state index contributed by atoms with van der Waals surface area (Å²) in [5.74, 6) is 0.689. The molecule has 0 fully saturated rings. The summed E-state index contributed by atoms with van der Waals surface area (Å²) < 4.78 is 5.62. The van der Waals surface area contributed by atoms with E-state index < -0.39 is 0 Å². The SMILES string of the molecule is CC(C)(C)[C@H]1COC(c2ccc(C#N)cc2)=N1. The van der Waals surface area contributed by atoms with E-state index in [2.05, 4.69) is 31.8 Å². The predicted octanol–water partition coefficient (Wildman–Crippen LogP) is 2.75. The lowest BCUT2D eigenvalue weighted by Gasteiger charge is -2.21. The van der Waals surface area contributed by atoms with E-state index in [-0.39, 0.29) is 11.5 Å². The molecule has 0 aromatic heterocycles. The second kappa shape index (κ2) is 4.21. The number of nitriles is 1. The van der Waals surface area contributed by atoms with Crippen molar-refractivity contribution in [1.82, 2.24) is 0 Å². The van der Waals surface area contributed by atoms with E-state index in [4.69, 9.17) is 10.00 Å². The molecule has 17 heavy (non-hydrogen) atoms. The van der Waals surface area contributed by atoms with E-state index in [1.54, 1.807) is 12.1 Å². The highest BCUT2D eigenvalue weighted by Crippen LogP contribution is 2.27. The lowest BCUT2D eigenvalue weighted by atomic mass is 9.88. The number of ether oxygens (including phenoxy) is 1. The number of rotatable bonds is 1. The van der Waals surface area contributed by atoms with Crippen LogP contribution < -0.4 is 0 Å². The zero-order chi connectivity index (χ0) is 12.5. The molecular weight excluding hydrogens is 212 g/mol. The molecule has 1 aliphatic heterocycles. The van der Waals surface area contributed by atoms with Crippen LogP contribution in [0, 0.1) is 16.7 Å². The first-order chi connectivity index (χ1) is 8.00. The Bertz CT molecular complexity index is 474. The fraction of sp³-hybridized carbons (Fsp3) is 0.429. The van der Waals surface area contributed by atoms with Gasteiger partial charge in [-0.3, -0.25) is 0 Å². The molecule has 0 unspecified atom stereocenters. The molecule has 3 heteroatoms. The Kier molecular flexibility index (Phi) is 2.89. The Morgan fingerprint density at radius 2 is 1.94 bits per heavy atom. The van der Waals surface area contributed by atoms with E-state index in [0.717, 1.165) is 5.56 Å². The molecule has 0 bridgehead atoms. The van der Waals surface area contributed by atoms with Gasteiger partial charge in [0.15, 0.2) is 0 Å². The maximum atomic E-state index is 8.73. The molecule has 2 rings (SSSR count). The zero-order valence-electron chi connectivity index (χ0n) is 10.4. The fourth-order valence-electron chi connectivity index (χ4n) is 1.66. The monoisotopic (exact) mass is 228 g/mol. The van der Waals surface area contributed by atoms with Gasteiger partial charge in [-0.15, -0.1) is 0 Å². The highest BCUT2D eigenvalue weighted by Gasteiger charge is 2.30. The molecule has 0 amide bonds. The molecule has 3 nitrogen and oxygen atoms in total. The van der Waals surface area contributed by atoms with Crippen molar-refractivity contribution in [3.05, 3.63) is 35.4 Å². The minimum Gasteiger partial charge on any atom is -0.475 e. The van der Waals surface area contributed by atoms with Gasteiger partial charge in [-0.05, 0) is 29.7 Å². The molecule has 0 radical (unpaired) electrons. The van der Waals surface area contributed by atoms with E-state index in [0.29, 0.717) is 18.1 Å². The first kappa shape index (κ1) is 11.7. The molecule has 1 aromatic carbocycles. The summed E-state index contributed by atoms with van der Waals surface area (Å²) >= 11 is 0. The van der Waals surface area contributed by atoms with Crippen LogP contribution >= 0.6 is 0 Å². The first-order valence-electron chi connectivity index (χ1n) is 5.72. The molecule has 0 aliphatic carbocycles. The summed E-state index contributed by atoms with van der Waals surface area (Å²) in [4.78, 5) is 4.60. The average molecular weight is 228 g/mol. The normalized spacial score (nSPS) is 19.4. The largest absolute Gasteiger partial charge is 0.475 e. The maximum absolute atomic E-state index is 8.73. The Morgan fingerprint density at radius 3 is 2.41 bits per heavy atom. The van der Waals surface area contributed by atoms with Gasteiger partial charge in [0.05, 0.1) is 17.7 Å². The summed E-state index contributed by atoms with van der Waals surface area (Å²) in [6.07, 6.45) is 0. The first-order valence-corrected chi connectivity index (χ1v) is 5.72. The van der Waals surface area contributed by atoms with Crippen molar-refractivity contribution in [3.8, 4) is 6.07 Å². The summed E-state index contributed by atoms with van der Waals surface area (Å²) in [5.41, 5.74) is 1.71. The van der Waals surface area contributed by atoms with Crippen molar-refractivity contribution in [2.24, 2.45) is 10.4 Å². The van der Waals surface area contributed by atoms with E-state index in [9.17, 15) is 0 Å². The highest BCUT2D eigenvalue weighted by molar-refractivity contribution is 5.95. The van der Waals surface area contributed by atoms with Crippen LogP contribution in [0.15, 0.2) is 29.3 Å². The van der Waals surface area contributed by atoms with Crippen molar-refractivity contribution in [3.63, 3.8) is 0 Å². The second-order valence-corrected chi connectivity index (χ2v) is 5.32. The Balaban J connectivity index is 2.22. The number of nitrogens with zero attached hydrogens (tertiary/aromatic N) is 2. The molecule has 1 atom stereocenters. The Hall–Kier alpha value is -1.82. The van der Waals surface area contributed by atoms with Gasteiger partial charge in [-0.1, -0.05) is 20.8 Å². The van der Waals surface area contributed by atoms with Gasteiger partial charge >= 0.3 is 0 Å². The van der Waals surface area contributed by atoms with E-state index in [1.165, 1.54) is 0 Å². The molecule has 1 heterocycles. The second-order valence-electron chi connectivity index (χ2n) is 5.32. The lowest BCUT2D eigenvalue weighted by molar-refractivity contribution is 0.236.